The number of benzene rings is 5. The van der Waals surface area contributed by atoms with Crippen LogP contribution in [0, 0.1) is 11.3 Å². The molecule has 7 rings (SSSR count). The quantitative estimate of drug-likeness (QED) is 0.207. The summed E-state index contributed by atoms with van der Waals surface area (Å²) in [5, 5.41) is 11.9. The van der Waals surface area contributed by atoms with Crippen LogP contribution in [0.25, 0.3) is 55.3 Å². The molecule has 5 heteroatoms. The van der Waals surface area contributed by atoms with Crippen LogP contribution in [0.5, 0.6) is 0 Å². The Morgan fingerprint density at radius 3 is 1.88 bits per heavy atom. The third-order valence-corrected chi connectivity index (χ3v) is 8.79. The van der Waals surface area contributed by atoms with Crippen LogP contribution in [-0.4, -0.2) is 18.3 Å². The van der Waals surface area contributed by atoms with Crippen molar-refractivity contribution in [1.82, 2.24) is 0 Å². The van der Waals surface area contributed by atoms with E-state index in [1.165, 1.54) is 0 Å². The number of furan rings is 1. The minimum absolute atomic E-state index is 0.500. The van der Waals surface area contributed by atoms with Gasteiger partial charge in [-0.25, -0.2) is 0 Å². The van der Waals surface area contributed by atoms with Gasteiger partial charge < -0.3 is 13.7 Å². The van der Waals surface area contributed by atoms with Crippen molar-refractivity contribution in [2.75, 3.05) is 0 Å². The maximum Gasteiger partial charge on any atom is 0.495 e. The van der Waals surface area contributed by atoms with Crippen LogP contribution in [0.15, 0.2) is 114 Å². The fourth-order valence-electron chi connectivity index (χ4n) is 5.83. The number of nitrogens with zero attached hydrogens (tertiary/aromatic N) is 1. The number of nitriles is 1. The smallest absolute Gasteiger partial charge is 0.455 e. The highest BCUT2D eigenvalue weighted by Crippen LogP contribution is 2.44. The number of hydrogen-bond acceptors (Lipinski definition) is 4. The fraction of sp³-hybridized carbons (Fsp3) is 0.162. The molecule has 0 radical (unpaired) electrons. The molecule has 42 heavy (non-hydrogen) atoms. The summed E-state index contributed by atoms with van der Waals surface area (Å²) in [5.74, 6) is 0. The van der Waals surface area contributed by atoms with E-state index in [1.807, 2.05) is 54.6 Å². The van der Waals surface area contributed by atoms with Crippen LogP contribution >= 0.6 is 0 Å². The van der Waals surface area contributed by atoms with Gasteiger partial charge in [0.05, 0.1) is 22.8 Å². The molecule has 0 aliphatic carbocycles. The predicted octanol–water partition coefficient (Wildman–Crippen LogP) is 8.76. The van der Waals surface area contributed by atoms with Crippen LogP contribution in [0.1, 0.15) is 33.3 Å². The van der Waals surface area contributed by atoms with Crippen molar-refractivity contribution in [2.45, 2.75) is 38.9 Å². The van der Waals surface area contributed by atoms with Gasteiger partial charge in [0.25, 0.3) is 0 Å². The van der Waals surface area contributed by atoms with Gasteiger partial charge in [0.1, 0.15) is 11.2 Å². The van der Waals surface area contributed by atoms with E-state index >= 15 is 0 Å². The fourth-order valence-corrected chi connectivity index (χ4v) is 5.83. The Morgan fingerprint density at radius 2 is 1.21 bits per heavy atom. The molecule has 6 aromatic rings. The van der Waals surface area contributed by atoms with Crippen LogP contribution in [-0.2, 0) is 9.31 Å². The maximum absolute atomic E-state index is 9.97. The van der Waals surface area contributed by atoms with Gasteiger partial charge in [-0.2, -0.15) is 5.26 Å². The normalized spacial score (nSPS) is 15.7. The van der Waals surface area contributed by atoms with Gasteiger partial charge in [0.15, 0.2) is 0 Å². The first-order valence-electron chi connectivity index (χ1n) is 14.3. The summed E-state index contributed by atoms with van der Waals surface area (Å²) in [7, 11) is -0.584. The highest BCUT2D eigenvalue weighted by atomic mass is 16.7. The molecule has 1 fully saturated rings. The second-order valence-corrected chi connectivity index (χ2v) is 11.9. The monoisotopic (exact) mass is 547 g/mol. The van der Waals surface area contributed by atoms with E-state index in [4.69, 9.17) is 13.7 Å². The molecular weight excluding hydrogens is 517 g/mol. The summed E-state index contributed by atoms with van der Waals surface area (Å²) in [5.41, 5.74) is 7.96. The lowest BCUT2D eigenvalue weighted by Gasteiger charge is -2.32. The van der Waals surface area contributed by atoms with Gasteiger partial charge >= 0.3 is 7.12 Å². The Labute approximate surface area is 246 Å². The Morgan fingerprint density at radius 1 is 0.595 bits per heavy atom. The van der Waals surface area contributed by atoms with Crippen molar-refractivity contribution in [3.8, 4) is 39.4 Å². The molecule has 1 aromatic heterocycles. The maximum atomic E-state index is 9.97. The van der Waals surface area contributed by atoms with E-state index in [0.29, 0.717) is 11.1 Å². The zero-order valence-electron chi connectivity index (χ0n) is 24.1. The van der Waals surface area contributed by atoms with Crippen molar-refractivity contribution in [2.24, 2.45) is 0 Å². The molecule has 5 aromatic carbocycles. The van der Waals surface area contributed by atoms with Gasteiger partial charge in [0.2, 0.25) is 0 Å². The van der Waals surface area contributed by atoms with Crippen LogP contribution in [0.3, 0.4) is 0 Å². The summed E-state index contributed by atoms with van der Waals surface area (Å²) in [4.78, 5) is 0. The lowest BCUT2D eigenvalue weighted by molar-refractivity contribution is 0.00578. The van der Waals surface area contributed by atoms with Gasteiger partial charge in [-0.3, -0.25) is 0 Å². The van der Waals surface area contributed by atoms with Crippen molar-refractivity contribution < 1.29 is 13.7 Å². The molecule has 2 heterocycles. The molecule has 0 atom stereocenters. The molecule has 204 valence electrons. The Hall–Kier alpha value is -4.63. The third kappa shape index (κ3) is 4.15. The highest BCUT2D eigenvalue weighted by Gasteiger charge is 2.52. The molecule has 0 bridgehead atoms. The predicted molar refractivity (Wildman–Crippen MR) is 170 cm³/mol. The number of fused-ring (bicyclic) bond motifs is 3. The second kappa shape index (κ2) is 9.74. The summed E-state index contributed by atoms with van der Waals surface area (Å²) >= 11 is 0. The highest BCUT2D eigenvalue weighted by molar-refractivity contribution is 6.66. The zero-order chi connectivity index (χ0) is 29.1. The van der Waals surface area contributed by atoms with E-state index in [9.17, 15) is 5.26 Å². The molecule has 0 unspecified atom stereocenters. The van der Waals surface area contributed by atoms with E-state index < -0.39 is 18.3 Å². The molecular formula is C37H30BNO3. The molecule has 1 aliphatic heterocycles. The largest absolute Gasteiger partial charge is 0.495 e. The Balaban J connectivity index is 1.61. The second-order valence-electron chi connectivity index (χ2n) is 11.9. The van der Waals surface area contributed by atoms with Crippen molar-refractivity contribution in [3.63, 3.8) is 0 Å². The minimum Gasteiger partial charge on any atom is -0.455 e. The third-order valence-electron chi connectivity index (χ3n) is 8.79. The minimum atomic E-state index is -0.584. The van der Waals surface area contributed by atoms with Crippen LogP contribution in [0.4, 0.5) is 0 Å². The van der Waals surface area contributed by atoms with E-state index in [-0.39, 0.29) is 0 Å². The van der Waals surface area contributed by atoms with Crippen LogP contribution in [0.2, 0.25) is 0 Å². The Bertz CT molecular complexity index is 1990. The lowest BCUT2D eigenvalue weighted by atomic mass is 9.75. The van der Waals surface area contributed by atoms with Crippen LogP contribution < -0.4 is 5.46 Å². The molecule has 1 saturated heterocycles. The molecule has 0 saturated carbocycles. The lowest BCUT2D eigenvalue weighted by Crippen LogP contribution is -2.41. The summed E-state index contributed by atoms with van der Waals surface area (Å²) in [6.07, 6.45) is 0. The van der Waals surface area contributed by atoms with E-state index in [1.54, 1.807) is 0 Å². The summed E-state index contributed by atoms with van der Waals surface area (Å²) in [6.45, 7) is 8.26. The molecule has 4 nitrogen and oxygen atoms in total. The van der Waals surface area contributed by atoms with E-state index in [0.717, 1.165) is 55.2 Å². The standard InChI is InChI=1S/C37H30BNO3/c1-36(2)37(3,4)42-38(41-36)32-20-19-29(28-18-12-11-17-26(28)23-39)35-33(32)31-22-27(24-13-7-5-8-14-24)21-30(34(31)40-35)25-15-9-6-10-16-25/h5-22H,1-4H3. The van der Waals surface area contributed by atoms with Gasteiger partial charge in [-0.15, -0.1) is 0 Å². The number of hydrogen-bond donors (Lipinski definition) is 0. The first-order valence-corrected chi connectivity index (χ1v) is 14.3. The van der Waals surface area contributed by atoms with Crippen molar-refractivity contribution >= 4 is 34.5 Å². The summed E-state index contributed by atoms with van der Waals surface area (Å²) < 4.78 is 20.1. The van der Waals surface area contributed by atoms with Crippen molar-refractivity contribution in [3.05, 3.63) is 115 Å². The van der Waals surface area contributed by atoms with Gasteiger partial charge in [-0.05, 0) is 68.0 Å². The molecule has 1 aliphatic rings. The molecule has 0 amide bonds. The number of rotatable bonds is 4. The SMILES string of the molecule is CC1(C)OB(c2ccc(-c3ccccc3C#N)c3oc4c(-c5ccccc5)cc(-c5ccccc5)cc4c23)OC1(C)C. The van der Waals surface area contributed by atoms with Crippen molar-refractivity contribution in [1.29, 1.82) is 5.26 Å². The molecule has 0 N–H and O–H groups in total. The molecule has 0 spiro atoms. The van der Waals surface area contributed by atoms with E-state index in [2.05, 4.69) is 88.4 Å². The zero-order valence-corrected chi connectivity index (χ0v) is 24.1. The topological polar surface area (TPSA) is 55.4 Å². The van der Waals surface area contributed by atoms with Gasteiger partial charge in [0, 0.05) is 27.5 Å². The first-order chi connectivity index (χ1) is 20.3. The van der Waals surface area contributed by atoms with Gasteiger partial charge in [-0.1, -0.05) is 91.0 Å². The average Bonchev–Trinajstić information content (AvgIpc) is 3.50. The Kier molecular flexibility index (Phi) is 6.09. The summed E-state index contributed by atoms with van der Waals surface area (Å²) in [6, 6.07) is 39.3. The average molecular weight is 547 g/mol. The first kappa shape index (κ1) is 26.3.